The average molecular weight is 371 g/mol. The smallest absolute Gasteiger partial charge is 0.339 e. The van der Waals surface area contributed by atoms with Crippen LogP contribution in [0.1, 0.15) is 54.2 Å². The predicted octanol–water partition coefficient (Wildman–Crippen LogP) is 4.16. The summed E-state index contributed by atoms with van der Waals surface area (Å²) in [5, 5.41) is 16.6. The Morgan fingerprint density at radius 1 is 1.36 bits per heavy atom. The van der Waals surface area contributed by atoms with Crippen molar-refractivity contribution in [1.82, 2.24) is 14.8 Å². The Bertz CT molecular complexity index is 760. The number of carboxylic acids is 1. The van der Waals surface area contributed by atoms with E-state index in [2.05, 4.69) is 15.4 Å². The van der Waals surface area contributed by atoms with E-state index in [9.17, 15) is 18.7 Å². The lowest BCUT2D eigenvalue weighted by Crippen LogP contribution is -2.28. The van der Waals surface area contributed by atoms with Gasteiger partial charge in [0.05, 0.1) is 11.7 Å². The first-order chi connectivity index (χ1) is 11.9. The van der Waals surface area contributed by atoms with Gasteiger partial charge in [-0.3, -0.25) is 4.68 Å². The topological polar surface area (TPSA) is 80.0 Å². The number of halogens is 3. The molecular weight excluding hydrogens is 354 g/mol. The second-order valence-electron chi connectivity index (χ2n) is 6.03. The number of carboxylic acid groups (broad SMARTS) is 1. The first-order valence-electron chi connectivity index (χ1n) is 7.92. The lowest BCUT2D eigenvalue weighted by atomic mass is 9.91. The van der Waals surface area contributed by atoms with E-state index >= 15 is 0 Å². The number of carbonyl (C=O) groups is 1. The molecule has 1 aliphatic carbocycles. The minimum Gasteiger partial charge on any atom is -0.478 e. The standard InChI is InChI=1S/C16H17ClF2N4O2/c17-14-7-13(11(8-20-14)16(24)25)21-9-1-3-10(4-2-9)23-6-5-12(22-23)15(18)19/h5-10,15H,1-4H2,(H,20,21)(H,24,25). The van der Waals surface area contributed by atoms with Crippen molar-refractivity contribution in [3.05, 3.63) is 40.9 Å². The van der Waals surface area contributed by atoms with E-state index in [1.807, 2.05) is 0 Å². The Hall–Kier alpha value is -2.22. The molecule has 6 nitrogen and oxygen atoms in total. The van der Waals surface area contributed by atoms with Crippen LogP contribution in [0.25, 0.3) is 0 Å². The maximum absolute atomic E-state index is 12.6. The largest absolute Gasteiger partial charge is 0.478 e. The molecule has 2 N–H and O–H groups in total. The van der Waals surface area contributed by atoms with Crippen molar-refractivity contribution in [3.8, 4) is 0 Å². The van der Waals surface area contributed by atoms with E-state index in [1.54, 1.807) is 10.9 Å². The number of hydrogen-bond donors (Lipinski definition) is 2. The molecule has 2 aromatic heterocycles. The number of aromatic nitrogens is 3. The molecule has 3 rings (SSSR count). The Labute approximate surface area is 147 Å². The van der Waals surface area contributed by atoms with Gasteiger partial charge < -0.3 is 10.4 Å². The number of rotatable bonds is 5. The molecule has 0 amide bonds. The van der Waals surface area contributed by atoms with Crippen LogP contribution in [0.4, 0.5) is 14.5 Å². The summed E-state index contributed by atoms with van der Waals surface area (Å²) in [6.07, 6.45) is 3.33. The van der Waals surface area contributed by atoms with Crippen LogP contribution in [0.15, 0.2) is 24.5 Å². The number of alkyl halides is 2. The summed E-state index contributed by atoms with van der Waals surface area (Å²) < 4.78 is 26.9. The van der Waals surface area contributed by atoms with Crippen molar-refractivity contribution in [1.29, 1.82) is 0 Å². The highest BCUT2D eigenvalue weighted by Gasteiger charge is 2.25. The van der Waals surface area contributed by atoms with Crippen molar-refractivity contribution >= 4 is 23.3 Å². The summed E-state index contributed by atoms with van der Waals surface area (Å²) in [7, 11) is 0. The number of anilines is 1. The molecule has 0 saturated heterocycles. The third-order valence-electron chi connectivity index (χ3n) is 4.38. The van der Waals surface area contributed by atoms with Crippen molar-refractivity contribution in [2.24, 2.45) is 0 Å². The van der Waals surface area contributed by atoms with Crippen molar-refractivity contribution < 1.29 is 18.7 Å². The average Bonchev–Trinajstić information content (AvgIpc) is 3.05. The number of nitrogens with one attached hydrogen (secondary N) is 1. The van der Waals surface area contributed by atoms with Gasteiger partial charge in [-0.05, 0) is 37.8 Å². The third-order valence-corrected chi connectivity index (χ3v) is 4.59. The molecule has 0 bridgehead atoms. The fourth-order valence-corrected chi connectivity index (χ4v) is 3.25. The summed E-state index contributed by atoms with van der Waals surface area (Å²) in [5.41, 5.74) is 0.299. The molecule has 0 aliphatic heterocycles. The van der Waals surface area contributed by atoms with Gasteiger partial charge in [0.1, 0.15) is 16.4 Å². The molecule has 0 radical (unpaired) electrons. The van der Waals surface area contributed by atoms with E-state index in [0.29, 0.717) is 5.69 Å². The maximum Gasteiger partial charge on any atom is 0.339 e. The highest BCUT2D eigenvalue weighted by Crippen LogP contribution is 2.31. The molecule has 1 saturated carbocycles. The van der Waals surface area contributed by atoms with E-state index in [4.69, 9.17) is 11.6 Å². The van der Waals surface area contributed by atoms with Crippen LogP contribution < -0.4 is 5.32 Å². The highest BCUT2D eigenvalue weighted by molar-refractivity contribution is 6.29. The fourth-order valence-electron chi connectivity index (χ4n) is 3.10. The molecule has 2 aromatic rings. The lowest BCUT2D eigenvalue weighted by Gasteiger charge is -2.30. The molecule has 0 atom stereocenters. The van der Waals surface area contributed by atoms with Gasteiger partial charge in [-0.1, -0.05) is 11.6 Å². The first-order valence-corrected chi connectivity index (χ1v) is 8.30. The highest BCUT2D eigenvalue weighted by atomic mass is 35.5. The summed E-state index contributed by atoms with van der Waals surface area (Å²) in [4.78, 5) is 15.1. The van der Waals surface area contributed by atoms with Crippen molar-refractivity contribution in [2.45, 2.75) is 44.2 Å². The monoisotopic (exact) mass is 370 g/mol. The van der Waals surface area contributed by atoms with Crippen LogP contribution in [0.3, 0.4) is 0 Å². The van der Waals surface area contributed by atoms with E-state index in [-0.39, 0.29) is 28.5 Å². The minimum absolute atomic E-state index is 0.0696. The zero-order valence-corrected chi connectivity index (χ0v) is 14.0. The van der Waals surface area contributed by atoms with E-state index in [1.165, 1.54) is 18.3 Å². The van der Waals surface area contributed by atoms with Crippen LogP contribution in [0.2, 0.25) is 5.15 Å². The molecule has 2 heterocycles. The van der Waals surface area contributed by atoms with Gasteiger partial charge in [0.2, 0.25) is 0 Å². The number of aromatic carboxylic acids is 1. The molecule has 1 aliphatic rings. The van der Waals surface area contributed by atoms with Crippen LogP contribution in [0, 0.1) is 0 Å². The second kappa shape index (κ2) is 7.35. The third kappa shape index (κ3) is 4.07. The molecule has 1 fully saturated rings. The minimum atomic E-state index is -2.56. The fraction of sp³-hybridized carbons (Fsp3) is 0.438. The Kier molecular flexibility index (Phi) is 5.17. The van der Waals surface area contributed by atoms with Crippen molar-refractivity contribution in [3.63, 3.8) is 0 Å². The van der Waals surface area contributed by atoms with Gasteiger partial charge in [0.15, 0.2) is 0 Å². The molecule has 0 aromatic carbocycles. The Morgan fingerprint density at radius 3 is 2.68 bits per heavy atom. The Balaban J connectivity index is 1.63. The summed E-state index contributed by atoms with van der Waals surface area (Å²) >= 11 is 5.85. The van der Waals surface area contributed by atoms with E-state index in [0.717, 1.165) is 25.7 Å². The van der Waals surface area contributed by atoms with Crippen LogP contribution in [-0.2, 0) is 0 Å². The molecule has 0 unspecified atom stereocenters. The first kappa shape index (κ1) is 17.6. The van der Waals surface area contributed by atoms with Crippen LogP contribution >= 0.6 is 11.6 Å². The summed E-state index contributed by atoms with van der Waals surface area (Å²) in [6.45, 7) is 0. The summed E-state index contributed by atoms with van der Waals surface area (Å²) in [5.74, 6) is -1.07. The van der Waals surface area contributed by atoms with Crippen LogP contribution in [-0.4, -0.2) is 31.9 Å². The summed E-state index contributed by atoms with van der Waals surface area (Å²) in [6, 6.07) is 3.00. The molecule has 9 heteroatoms. The predicted molar refractivity (Wildman–Crippen MR) is 88.3 cm³/mol. The number of nitrogens with zero attached hydrogens (tertiary/aromatic N) is 3. The van der Waals surface area contributed by atoms with Gasteiger partial charge in [0, 0.05) is 18.4 Å². The Morgan fingerprint density at radius 2 is 2.08 bits per heavy atom. The number of pyridine rings is 1. The van der Waals surface area contributed by atoms with Crippen LogP contribution in [0.5, 0.6) is 0 Å². The van der Waals surface area contributed by atoms with Gasteiger partial charge >= 0.3 is 5.97 Å². The quantitative estimate of drug-likeness (QED) is 0.772. The zero-order valence-electron chi connectivity index (χ0n) is 13.2. The molecule has 0 spiro atoms. The maximum atomic E-state index is 12.6. The SMILES string of the molecule is O=C(O)c1cnc(Cl)cc1NC1CCC(n2ccc(C(F)F)n2)CC1. The molecule has 134 valence electrons. The number of hydrogen-bond acceptors (Lipinski definition) is 4. The van der Waals surface area contributed by atoms with Gasteiger partial charge in [0.25, 0.3) is 6.43 Å². The molecule has 25 heavy (non-hydrogen) atoms. The zero-order chi connectivity index (χ0) is 18.0. The van der Waals surface area contributed by atoms with Gasteiger partial charge in [-0.25, -0.2) is 18.6 Å². The normalized spacial score (nSPS) is 20.6. The van der Waals surface area contributed by atoms with Crippen molar-refractivity contribution in [2.75, 3.05) is 5.32 Å². The van der Waals surface area contributed by atoms with E-state index < -0.39 is 12.4 Å². The van der Waals surface area contributed by atoms with Gasteiger partial charge in [-0.15, -0.1) is 0 Å². The molecular formula is C16H17ClF2N4O2. The van der Waals surface area contributed by atoms with Gasteiger partial charge in [-0.2, -0.15) is 5.10 Å². The second-order valence-corrected chi connectivity index (χ2v) is 6.42. The lowest BCUT2D eigenvalue weighted by molar-refractivity contribution is 0.0697.